The smallest absolute Gasteiger partial charge is 0.238 e. The number of aryl methyl sites for hydroxylation is 4. The third-order valence-electron chi connectivity index (χ3n) is 4.73. The fraction of sp³-hybridized carbons (Fsp3) is 0.474. The molecular formula is C19H26N4O. The van der Waals surface area contributed by atoms with Crippen LogP contribution < -0.4 is 5.32 Å². The number of likely N-dealkylation sites (tertiary alicyclic amines) is 1. The monoisotopic (exact) mass is 326 g/mol. The molecule has 1 aromatic heterocycles. The maximum atomic E-state index is 12.5. The van der Waals surface area contributed by atoms with E-state index in [1.807, 2.05) is 13.8 Å². The van der Waals surface area contributed by atoms with Gasteiger partial charge in [-0.25, -0.2) is 0 Å². The molecule has 128 valence electrons. The van der Waals surface area contributed by atoms with Gasteiger partial charge in [0.2, 0.25) is 5.91 Å². The molecule has 2 N–H and O–H groups in total. The Morgan fingerprint density at radius 2 is 1.96 bits per heavy atom. The lowest BCUT2D eigenvalue weighted by atomic mass is 9.99. The second-order valence-corrected chi connectivity index (χ2v) is 6.91. The molecule has 0 aliphatic carbocycles. The van der Waals surface area contributed by atoms with Gasteiger partial charge in [0.25, 0.3) is 0 Å². The molecule has 5 heteroatoms. The Bertz CT molecular complexity index is 710. The molecular weight excluding hydrogens is 300 g/mol. The number of anilines is 1. The van der Waals surface area contributed by atoms with Gasteiger partial charge in [-0.05, 0) is 52.6 Å². The van der Waals surface area contributed by atoms with E-state index < -0.39 is 0 Å². The maximum Gasteiger partial charge on any atom is 0.238 e. The maximum absolute atomic E-state index is 12.5. The van der Waals surface area contributed by atoms with Crippen molar-refractivity contribution < 1.29 is 4.79 Å². The molecule has 1 saturated heterocycles. The molecule has 1 atom stereocenters. The van der Waals surface area contributed by atoms with Crippen LogP contribution in [-0.2, 0) is 4.79 Å². The number of hydrogen-bond acceptors (Lipinski definition) is 3. The molecule has 0 saturated carbocycles. The Balaban J connectivity index is 1.70. The summed E-state index contributed by atoms with van der Waals surface area (Å²) in [5, 5.41) is 10.0. The number of carbonyl (C=O) groups excluding carboxylic acids is 1. The van der Waals surface area contributed by atoms with Crippen LogP contribution in [-0.4, -0.2) is 34.1 Å². The number of hydrogen-bond donors (Lipinski definition) is 2. The van der Waals surface area contributed by atoms with Crippen LogP contribution in [0.25, 0.3) is 0 Å². The van der Waals surface area contributed by atoms with Crippen molar-refractivity contribution in [3.8, 4) is 0 Å². The summed E-state index contributed by atoms with van der Waals surface area (Å²) in [6, 6.07) is 7.03. The van der Waals surface area contributed by atoms with E-state index in [9.17, 15) is 4.79 Å². The molecule has 1 fully saturated rings. The Morgan fingerprint density at radius 1 is 1.25 bits per heavy atom. The van der Waals surface area contributed by atoms with Crippen LogP contribution in [0, 0.1) is 27.7 Å². The highest BCUT2D eigenvalue weighted by molar-refractivity contribution is 5.93. The number of amides is 1. The number of benzene rings is 1. The van der Waals surface area contributed by atoms with Crippen LogP contribution in [0.1, 0.15) is 47.0 Å². The number of aromatic nitrogens is 2. The van der Waals surface area contributed by atoms with Gasteiger partial charge in [0, 0.05) is 6.04 Å². The minimum Gasteiger partial charge on any atom is -0.322 e. The predicted molar refractivity (Wildman–Crippen MR) is 96.2 cm³/mol. The first-order valence-corrected chi connectivity index (χ1v) is 8.57. The Hall–Kier alpha value is -2.14. The second kappa shape index (κ2) is 6.77. The van der Waals surface area contributed by atoms with Crippen molar-refractivity contribution >= 4 is 11.6 Å². The van der Waals surface area contributed by atoms with Crippen molar-refractivity contribution in [3.63, 3.8) is 0 Å². The van der Waals surface area contributed by atoms with E-state index in [-0.39, 0.29) is 5.91 Å². The topological polar surface area (TPSA) is 61.0 Å². The fourth-order valence-electron chi connectivity index (χ4n) is 3.69. The molecule has 0 unspecified atom stereocenters. The predicted octanol–water partition coefficient (Wildman–Crippen LogP) is 3.42. The number of H-pyrrole nitrogens is 1. The van der Waals surface area contributed by atoms with E-state index in [4.69, 9.17) is 0 Å². The summed E-state index contributed by atoms with van der Waals surface area (Å²) in [4.78, 5) is 14.8. The summed E-state index contributed by atoms with van der Waals surface area (Å²) >= 11 is 0. The first kappa shape index (κ1) is 16.7. The zero-order chi connectivity index (χ0) is 17.3. The molecule has 0 radical (unpaired) electrons. The summed E-state index contributed by atoms with van der Waals surface area (Å²) in [6.45, 7) is 9.47. The Morgan fingerprint density at radius 3 is 2.58 bits per heavy atom. The van der Waals surface area contributed by atoms with Gasteiger partial charge in [-0.3, -0.25) is 14.8 Å². The number of nitrogens with one attached hydrogen (secondary N) is 2. The first-order chi connectivity index (χ1) is 11.4. The number of rotatable bonds is 4. The third-order valence-corrected chi connectivity index (χ3v) is 4.73. The van der Waals surface area contributed by atoms with Gasteiger partial charge >= 0.3 is 0 Å². The molecule has 2 heterocycles. The van der Waals surface area contributed by atoms with Crippen LogP contribution in [0.2, 0.25) is 0 Å². The average Bonchev–Trinajstić information content (AvgIpc) is 3.08. The number of aromatic amines is 1. The number of nitrogens with zero attached hydrogens (tertiary/aromatic N) is 2. The molecule has 3 rings (SSSR count). The van der Waals surface area contributed by atoms with Crippen LogP contribution in [0.4, 0.5) is 5.69 Å². The highest BCUT2D eigenvalue weighted by atomic mass is 16.2. The first-order valence-electron chi connectivity index (χ1n) is 8.57. The van der Waals surface area contributed by atoms with Gasteiger partial charge in [0.1, 0.15) is 0 Å². The summed E-state index contributed by atoms with van der Waals surface area (Å²) in [6.07, 6.45) is 2.24. The lowest BCUT2D eigenvalue weighted by Gasteiger charge is -2.25. The van der Waals surface area contributed by atoms with Gasteiger partial charge in [-0.1, -0.05) is 29.3 Å². The largest absolute Gasteiger partial charge is 0.322 e. The summed E-state index contributed by atoms with van der Waals surface area (Å²) in [7, 11) is 0. The lowest BCUT2D eigenvalue weighted by molar-refractivity contribution is -0.117. The highest BCUT2D eigenvalue weighted by Crippen LogP contribution is 2.32. The van der Waals surface area contributed by atoms with Crippen LogP contribution in [0.5, 0.6) is 0 Å². The summed E-state index contributed by atoms with van der Waals surface area (Å²) in [5.74, 6) is 0.0267. The molecule has 0 bridgehead atoms. The van der Waals surface area contributed by atoms with Gasteiger partial charge in [0.15, 0.2) is 0 Å². The van der Waals surface area contributed by atoms with Crippen molar-refractivity contribution in [1.82, 2.24) is 15.1 Å². The number of carbonyl (C=O) groups is 1. The Kier molecular flexibility index (Phi) is 4.71. The van der Waals surface area contributed by atoms with Crippen molar-refractivity contribution in [2.24, 2.45) is 0 Å². The SMILES string of the molecule is Cc1cc(C)cc([C@H]2CCCN2CC(=O)Nc2c(C)n[nH]c2C)c1. The van der Waals surface area contributed by atoms with Crippen LogP contribution >= 0.6 is 0 Å². The molecule has 1 amide bonds. The van der Waals surface area contributed by atoms with Gasteiger partial charge in [-0.2, -0.15) is 5.10 Å². The third kappa shape index (κ3) is 3.51. The molecule has 0 spiro atoms. The summed E-state index contributed by atoms with van der Waals surface area (Å²) < 4.78 is 0. The molecule has 5 nitrogen and oxygen atoms in total. The van der Waals surface area contributed by atoms with Crippen LogP contribution in [0.3, 0.4) is 0 Å². The fourth-order valence-corrected chi connectivity index (χ4v) is 3.69. The molecule has 1 aliphatic heterocycles. The zero-order valence-electron chi connectivity index (χ0n) is 14.9. The van der Waals surface area contributed by atoms with Crippen molar-refractivity contribution in [2.45, 2.75) is 46.6 Å². The molecule has 1 aromatic carbocycles. The van der Waals surface area contributed by atoms with Gasteiger partial charge < -0.3 is 5.32 Å². The van der Waals surface area contributed by atoms with E-state index in [0.717, 1.165) is 36.5 Å². The van der Waals surface area contributed by atoms with Crippen molar-refractivity contribution in [2.75, 3.05) is 18.4 Å². The van der Waals surface area contributed by atoms with E-state index in [1.165, 1.54) is 16.7 Å². The molecule has 1 aliphatic rings. The average molecular weight is 326 g/mol. The van der Waals surface area contributed by atoms with E-state index >= 15 is 0 Å². The molecule has 2 aromatic rings. The lowest BCUT2D eigenvalue weighted by Crippen LogP contribution is -2.33. The van der Waals surface area contributed by atoms with E-state index in [2.05, 4.69) is 52.5 Å². The van der Waals surface area contributed by atoms with E-state index in [0.29, 0.717) is 12.6 Å². The minimum atomic E-state index is 0.0267. The zero-order valence-corrected chi connectivity index (χ0v) is 14.9. The van der Waals surface area contributed by atoms with Gasteiger partial charge in [0.05, 0.1) is 23.6 Å². The Labute approximate surface area is 143 Å². The summed E-state index contributed by atoms with van der Waals surface area (Å²) in [5.41, 5.74) is 6.42. The van der Waals surface area contributed by atoms with E-state index in [1.54, 1.807) is 0 Å². The van der Waals surface area contributed by atoms with Crippen molar-refractivity contribution in [1.29, 1.82) is 0 Å². The quantitative estimate of drug-likeness (QED) is 0.905. The van der Waals surface area contributed by atoms with Gasteiger partial charge in [-0.15, -0.1) is 0 Å². The minimum absolute atomic E-state index is 0.0267. The molecule has 24 heavy (non-hydrogen) atoms. The highest BCUT2D eigenvalue weighted by Gasteiger charge is 2.28. The van der Waals surface area contributed by atoms with Crippen LogP contribution in [0.15, 0.2) is 18.2 Å². The van der Waals surface area contributed by atoms with Crippen molar-refractivity contribution in [3.05, 3.63) is 46.3 Å². The normalized spacial score (nSPS) is 18.1. The standard InChI is InChI=1S/C19H26N4O/c1-12-8-13(2)10-16(9-12)17-6-5-7-23(17)11-18(24)20-19-14(3)21-22-15(19)4/h8-10,17H,5-7,11H2,1-4H3,(H,20,24)(H,21,22)/t17-/m1/s1. The second-order valence-electron chi connectivity index (χ2n) is 6.91.